The molecule has 0 radical (unpaired) electrons. The van der Waals surface area contributed by atoms with Crippen LogP contribution < -0.4 is 0 Å². The first-order valence-electron chi connectivity index (χ1n) is 5.76. The number of amides is 1. The van der Waals surface area contributed by atoms with Gasteiger partial charge < -0.3 is 10.0 Å². The highest BCUT2D eigenvalue weighted by atomic mass is 32.1. The number of carbonyl (C=O) groups excluding carboxylic acids is 1. The Bertz CT molecular complexity index is 530. The fourth-order valence-electron chi connectivity index (χ4n) is 1.98. The molecule has 0 unspecified atom stereocenters. The Labute approximate surface area is 110 Å². The highest BCUT2D eigenvalue weighted by Crippen LogP contribution is 2.25. The summed E-state index contributed by atoms with van der Waals surface area (Å²) < 4.78 is 0. The number of carboxylic acids is 1. The Morgan fingerprint density at radius 2 is 2.06 bits per heavy atom. The molecule has 1 amide bonds. The second kappa shape index (κ2) is 4.94. The topological polar surface area (TPSA) is 57.6 Å². The molecule has 1 N–H and O–H groups in total. The van der Waals surface area contributed by atoms with Crippen LogP contribution in [0.3, 0.4) is 0 Å². The summed E-state index contributed by atoms with van der Waals surface area (Å²) in [6.07, 6.45) is 0.859. The maximum atomic E-state index is 12.2. The Balaban J connectivity index is 2.18. The Kier molecular flexibility index (Phi) is 3.52. The van der Waals surface area contributed by atoms with E-state index in [4.69, 9.17) is 5.11 Å². The van der Waals surface area contributed by atoms with E-state index >= 15 is 0 Å². The molecule has 96 valence electrons. The minimum absolute atomic E-state index is 0.121. The maximum Gasteiger partial charge on any atom is 0.331 e. The van der Waals surface area contributed by atoms with Gasteiger partial charge in [-0.05, 0) is 37.3 Å². The molecule has 5 heteroatoms. The average molecular weight is 265 g/mol. The first kappa shape index (κ1) is 12.8. The molecule has 1 aromatic heterocycles. The van der Waals surface area contributed by atoms with Gasteiger partial charge in [0, 0.05) is 29.1 Å². The lowest BCUT2D eigenvalue weighted by molar-refractivity contribution is -0.134. The molecule has 0 aliphatic carbocycles. The minimum Gasteiger partial charge on any atom is -0.478 e. The zero-order valence-corrected chi connectivity index (χ0v) is 11.2. The third-order valence-electron chi connectivity index (χ3n) is 3.30. The molecule has 4 nitrogen and oxygen atoms in total. The van der Waals surface area contributed by atoms with Crippen LogP contribution in [0.1, 0.15) is 24.3 Å². The number of thiophene rings is 1. The molecule has 0 bridgehead atoms. The highest BCUT2D eigenvalue weighted by Gasteiger charge is 2.24. The molecule has 1 aliphatic rings. The van der Waals surface area contributed by atoms with Gasteiger partial charge in [0.05, 0.1) is 0 Å². The van der Waals surface area contributed by atoms with E-state index in [1.807, 2.05) is 11.4 Å². The monoisotopic (exact) mass is 265 g/mol. The maximum absolute atomic E-state index is 12.2. The number of carboxylic acid groups (broad SMARTS) is 1. The van der Waals surface area contributed by atoms with Crippen LogP contribution in [-0.2, 0) is 22.6 Å². The van der Waals surface area contributed by atoms with Gasteiger partial charge in [0.15, 0.2) is 0 Å². The van der Waals surface area contributed by atoms with Crippen LogP contribution in [0.5, 0.6) is 0 Å². The first-order chi connectivity index (χ1) is 8.50. The molecule has 18 heavy (non-hydrogen) atoms. The van der Waals surface area contributed by atoms with Crippen molar-refractivity contribution in [2.45, 2.75) is 26.8 Å². The summed E-state index contributed by atoms with van der Waals surface area (Å²) in [5.41, 5.74) is 1.62. The molecule has 0 fully saturated rings. The van der Waals surface area contributed by atoms with Crippen LogP contribution >= 0.6 is 11.3 Å². The fourth-order valence-corrected chi connectivity index (χ4v) is 2.87. The lowest BCUT2D eigenvalue weighted by Crippen LogP contribution is -2.36. The van der Waals surface area contributed by atoms with Crippen molar-refractivity contribution in [1.82, 2.24) is 4.90 Å². The summed E-state index contributed by atoms with van der Waals surface area (Å²) in [7, 11) is 0. The van der Waals surface area contributed by atoms with Gasteiger partial charge in [-0.2, -0.15) is 0 Å². The van der Waals surface area contributed by atoms with Crippen LogP contribution in [0.25, 0.3) is 0 Å². The van der Waals surface area contributed by atoms with Gasteiger partial charge in [0.2, 0.25) is 5.91 Å². The third-order valence-corrected chi connectivity index (χ3v) is 4.32. The second-order valence-electron chi connectivity index (χ2n) is 4.40. The van der Waals surface area contributed by atoms with Crippen molar-refractivity contribution in [3.63, 3.8) is 0 Å². The van der Waals surface area contributed by atoms with Gasteiger partial charge in [0.1, 0.15) is 0 Å². The van der Waals surface area contributed by atoms with Gasteiger partial charge >= 0.3 is 5.97 Å². The molecule has 0 atom stereocenters. The van der Waals surface area contributed by atoms with Crippen LogP contribution in [0.2, 0.25) is 0 Å². The summed E-state index contributed by atoms with van der Waals surface area (Å²) in [6.45, 7) is 4.29. The smallest absolute Gasteiger partial charge is 0.331 e. The Morgan fingerprint density at radius 3 is 2.72 bits per heavy atom. The van der Waals surface area contributed by atoms with Crippen molar-refractivity contribution >= 4 is 23.2 Å². The molecule has 0 aromatic carbocycles. The lowest BCUT2D eigenvalue weighted by Gasteiger charge is -2.27. The molecular formula is C13H15NO3S. The van der Waals surface area contributed by atoms with Crippen molar-refractivity contribution in [2.24, 2.45) is 0 Å². The summed E-state index contributed by atoms with van der Waals surface area (Å²) in [5.74, 6) is -1.21. The molecule has 1 aromatic rings. The molecule has 0 saturated heterocycles. The summed E-state index contributed by atoms with van der Waals surface area (Å²) in [4.78, 5) is 26.1. The number of hydrogen-bond donors (Lipinski definition) is 1. The predicted molar refractivity (Wildman–Crippen MR) is 69.4 cm³/mol. The highest BCUT2D eigenvalue weighted by molar-refractivity contribution is 7.10. The van der Waals surface area contributed by atoms with E-state index in [-0.39, 0.29) is 11.5 Å². The number of aliphatic carboxylic acids is 1. The first-order valence-corrected chi connectivity index (χ1v) is 6.64. The summed E-state index contributed by atoms with van der Waals surface area (Å²) in [5, 5.41) is 10.9. The number of nitrogens with zero attached hydrogens (tertiary/aromatic N) is 1. The van der Waals surface area contributed by atoms with E-state index < -0.39 is 5.97 Å². The molecule has 0 saturated carbocycles. The standard InChI is InChI=1S/C13H15NO3S/c1-8(9(2)13(16)17)12(15)14-5-3-11-10(7-14)4-6-18-11/h4,6H,3,5,7H2,1-2H3,(H,16,17). The molecule has 0 spiro atoms. The van der Waals surface area contributed by atoms with E-state index in [1.165, 1.54) is 17.4 Å². The quantitative estimate of drug-likeness (QED) is 0.833. The Morgan fingerprint density at radius 1 is 1.33 bits per heavy atom. The number of fused-ring (bicyclic) bond motifs is 1. The van der Waals surface area contributed by atoms with Crippen LogP contribution in [0.15, 0.2) is 22.6 Å². The van der Waals surface area contributed by atoms with Crippen LogP contribution in [0.4, 0.5) is 0 Å². The predicted octanol–water partition coefficient (Wildman–Crippen LogP) is 2.05. The second-order valence-corrected chi connectivity index (χ2v) is 5.40. The van der Waals surface area contributed by atoms with Gasteiger partial charge in [-0.3, -0.25) is 4.79 Å². The van der Waals surface area contributed by atoms with Crippen molar-refractivity contribution < 1.29 is 14.7 Å². The lowest BCUT2D eigenvalue weighted by atomic mass is 10.1. The molecular weight excluding hydrogens is 250 g/mol. The van der Waals surface area contributed by atoms with Crippen molar-refractivity contribution in [3.05, 3.63) is 33.0 Å². The number of hydrogen-bond acceptors (Lipinski definition) is 3. The van der Waals surface area contributed by atoms with Gasteiger partial charge in [-0.25, -0.2) is 4.79 Å². The van der Waals surface area contributed by atoms with Crippen molar-refractivity contribution in [3.8, 4) is 0 Å². The van der Waals surface area contributed by atoms with Gasteiger partial charge in [-0.15, -0.1) is 11.3 Å². The van der Waals surface area contributed by atoms with E-state index in [2.05, 4.69) is 0 Å². The van der Waals surface area contributed by atoms with E-state index in [1.54, 1.807) is 23.2 Å². The zero-order chi connectivity index (χ0) is 13.3. The normalized spacial score (nSPS) is 16.0. The van der Waals surface area contributed by atoms with E-state index in [0.29, 0.717) is 18.7 Å². The number of rotatable bonds is 2. The van der Waals surface area contributed by atoms with E-state index in [9.17, 15) is 9.59 Å². The zero-order valence-electron chi connectivity index (χ0n) is 10.4. The Hall–Kier alpha value is -1.62. The largest absolute Gasteiger partial charge is 0.478 e. The molecule has 2 rings (SSSR count). The van der Waals surface area contributed by atoms with Crippen LogP contribution in [-0.4, -0.2) is 28.4 Å². The fraction of sp³-hybridized carbons (Fsp3) is 0.385. The van der Waals surface area contributed by atoms with Crippen molar-refractivity contribution in [1.29, 1.82) is 0 Å². The van der Waals surface area contributed by atoms with Gasteiger partial charge in [-0.1, -0.05) is 0 Å². The number of carbonyl (C=O) groups is 2. The summed E-state index contributed by atoms with van der Waals surface area (Å²) in [6, 6.07) is 2.03. The van der Waals surface area contributed by atoms with Gasteiger partial charge in [0.25, 0.3) is 0 Å². The van der Waals surface area contributed by atoms with E-state index in [0.717, 1.165) is 6.42 Å². The molecule has 1 aliphatic heterocycles. The van der Waals surface area contributed by atoms with Crippen LogP contribution in [0, 0.1) is 0 Å². The molecule has 2 heterocycles. The summed E-state index contributed by atoms with van der Waals surface area (Å²) >= 11 is 1.71. The minimum atomic E-state index is -1.03. The third kappa shape index (κ3) is 2.31. The van der Waals surface area contributed by atoms with Crippen molar-refractivity contribution in [2.75, 3.05) is 6.54 Å². The SMILES string of the molecule is CC(C(=O)O)=C(C)C(=O)N1CCc2sccc2C1. The average Bonchev–Trinajstić information content (AvgIpc) is 2.82.